The number of amides is 1. The molecule has 0 unspecified atom stereocenters. The number of hydrogen-bond acceptors (Lipinski definition) is 4. The summed E-state index contributed by atoms with van der Waals surface area (Å²) in [5.41, 5.74) is 2.50. The van der Waals surface area contributed by atoms with Gasteiger partial charge in [-0.25, -0.2) is 0 Å². The van der Waals surface area contributed by atoms with Crippen molar-refractivity contribution in [1.29, 1.82) is 0 Å². The molecule has 0 bridgehead atoms. The maximum Gasteiger partial charge on any atom is 0.226 e. The number of rotatable bonds is 6. The van der Waals surface area contributed by atoms with E-state index in [1.807, 2.05) is 12.1 Å². The Hall–Kier alpha value is -2.73. The Bertz CT molecular complexity index is 858. The molecule has 31 heavy (non-hydrogen) atoms. The van der Waals surface area contributed by atoms with Gasteiger partial charge in [0.2, 0.25) is 5.91 Å². The number of piperazine rings is 1. The number of hydrogen-bond donors (Lipinski definition) is 1. The standard InChI is InChI=1S/C25H33N3O3/c1-30-23-9-8-20(18-24(23)31-2)19-26-12-10-21(11-13-26)25(29)28-16-14-27(15-17-28)22-6-4-3-5-7-22/h3-9,18,21H,10-17,19H2,1-2H3/p+1. The summed E-state index contributed by atoms with van der Waals surface area (Å²) in [6.07, 6.45) is 1.95. The number of piperidine rings is 1. The SMILES string of the molecule is COc1ccc(C[NH+]2CCC(C(=O)N3CCN(c4ccccc4)CC3)CC2)cc1OC. The van der Waals surface area contributed by atoms with Gasteiger partial charge in [-0.1, -0.05) is 18.2 Å². The minimum Gasteiger partial charge on any atom is -0.493 e. The monoisotopic (exact) mass is 424 g/mol. The van der Waals surface area contributed by atoms with E-state index in [-0.39, 0.29) is 5.92 Å². The van der Waals surface area contributed by atoms with Crippen molar-refractivity contribution >= 4 is 11.6 Å². The van der Waals surface area contributed by atoms with E-state index in [4.69, 9.17) is 9.47 Å². The van der Waals surface area contributed by atoms with E-state index in [0.717, 1.165) is 70.2 Å². The number of carbonyl (C=O) groups excluding carboxylic acids is 1. The first-order valence-corrected chi connectivity index (χ1v) is 11.3. The second kappa shape index (κ2) is 10.1. The lowest BCUT2D eigenvalue weighted by molar-refractivity contribution is -0.919. The van der Waals surface area contributed by atoms with Crippen LogP contribution < -0.4 is 19.3 Å². The molecule has 2 aromatic carbocycles. The van der Waals surface area contributed by atoms with E-state index in [1.54, 1.807) is 14.2 Å². The molecule has 2 saturated heterocycles. The minimum absolute atomic E-state index is 0.178. The fraction of sp³-hybridized carbons (Fsp3) is 0.480. The average molecular weight is 425 g/mol. The third-order valence-electron chi connectivity index (χ3n) is 6.66. The summed E-state index contributed by atoms with van der Waals surface area (Å²) in [6.45, 7) is 6.51. The van der Waals surface area contributed by atoms with Crippen LogP contribution in [0, 0.1) is 5.92 Å². The maximum atomic E-state index is 13.1. The van der Waals surface area contributed by atoms with E-state index < -0.39 is 0 Å². The van der Waals surface area contributed by atoms with Crippen LogP contribution in [-0.2, 0) is 11.3 Å². The number of anilines is 1. The summed E-state index contributed by atoms with van der Waals surface area (Å²) < 4.78 is 10.8. The van der Waals surface area contributed by atoms with Gasteiger partial charge in [0.05, 0.1) is 27.3 Å². The number of nitrogens with one attached hydrogen (secondary N) is 1. The summed E-state index contributed by atoms with van der Waals surface area (Å²) in [5.74, 6) is 2.08. The number of carbonyl (C=O) groups is 1. The van der Waals surface area contributed by atoms with E-state index in [2.05, 4.69) is 46.2 Å². The molecule has 2 fully saturated rings. The minimum atomic E-state index is 0.178. The Kier molecular flexibility index (Phi) is 6.97. The molecule has 0 saturated carbocycles. The normalized spacial score (nSPS) is 21.6. The van der Waals surface area contributed by atoms with Crippen LogP contribution in [0.25, 0.3) is 0 Å². The van der Waals surface area contributed by atoms with Crippen LogP contribution in [0.4, 0.5) is 5.69 Å². The second-order valence-electron chi connectivity index (χ2n) is 8.54. The van der Waals surface area contributed by atoms with Crippen LogP contribution in [-0.4, -0.2) is 64.3 Å². The summed E-state index contributed by atoms with van der Waals surface area (Å²) in [5, 5.41) is 0. The molecular formula is C25H34N3O3+. The van der Waals surface area contributed by atoms with Gasteiger partial charge in [-0.3, -0.25) is 4.79 Å². The zero-order chi connectivity index (χ0) is 21.6. The third-order valence-corrected chi connectivity index (χ3v) is 6.66. The Morgan fingerprint density at radius 1 is 0.935 bits per heavy atom. The van der Waals surface area contributed by atoms with Crippen molar-refractivity contribution in [2.75, 3.05) is 58.4 Å². The van der Waals surface area contributed by atoms with E-state index in [0.29, 0.717) is 5.91 Å². The molecule has 0 spiro atoms. The van der Waals surface area contributed by atoms with Gasteiger partial charge in [-0.05, 0) is 30.3 Å². The fourth-order valence-corrected chi connectivity index (χ4v) is 4.81. The summed E-state index contributed by atoms with van der Waals surface area (Å²) in [6, 6.07) is 16.6. The summed E-state index contributed by atoms with van der Waals surface area (Å²) in [4.78, 5) is 19.1. The number of quaternary nitrogens is 1. The molecule has 2 aliphatic heterocycles. The molecule has 2 aromatic rings. The molecule has 0 radical (unpaired) electrons. The molecule has 4 rings (SSSR count). The van der Waals surface area contributed by atoms with Crippen LogP contribution in [0.2, 0.25) is 0 Å². The molecule has 2 heterocycles. The molecule has 6 nitrogen and oxygen atoms in total. The van der Waals surface area contributed by atoms with Crippen LogP contribution >= 0.6 is 0 Å². The predicted molar refractivity (Wildman–Crippen MR) is 122 cm³/mol. The lowest BCUT2D eigenvalue weighted by Gasteiger charge is -2.38. The highest BCUT2D eigenvalue weighted by Gasteiger charge is 2.32. The van der Waals surface area contributed by atoms with Crippen molar-refractivity contribution < 1.29 is 19.2 Å². The number of para-hydroxylation sites is 1. The van der Waals surface area contributed by atoms with Gasteiger partial charge in [-0.2, -0.15) is 0 Å². The Morgan fingerprint density at radius 3 is 2.26 bits per heavy atom. The summed E-state index contributed by atoms with van der Waals surface area (Å²) >= 11 is 0. The predicted octanol–water partition coefficient (Wildman–Crippen LogP) is 1.85. The first-order chi connectivity index (χ1) is 15.2. The van der Waals surface area contributed by atoms with Gasteiger partial charge in [0.25, 0.3) is 0 Å². The smallest absolute Gasteiger partial charge is 0.226 e. The van der Waals surface area contributed by atoms with E-state index >= 15 is 0 Å². The Labute approximate surface area is 185 Å². The van der Waals surface area contributed by atoms with Gasteiger partial charge >= 0.3 is 0 Å². The molecule has 2 aliphatic rings. The lowest BCUT2D eigenvalue weighted by atomic mass is 9.94. The van der Waals surface area contributed by atoms with Crippen molar-refractivity contribution in [3.63, 3.8) is 0 Å². The number of nitrogens with zero attached hydrogens (tertiary/aromatic N) is 2. The van der Waals surface area contributed by atoms with Crippen molar-refractivity contribution in [1.82, 2.24) is 4.90 Å². The maximum absolute atomic E-state index is 13.1. The lowest BCUT2D eigenvalue weighted by Crippen LogP contribution is -3.11. The number of benzene rings is 2. The molecule has 6 heteroatoms. The van der Waals surface area contributed by atoms with Crippen LogP contribution in [0.3, 0.4) is 0 Å². The number of likely N-dealkylation sites (tertiary alicyclic amines) is 1. The first-order valence-electron chi connectivity index (χ1n) is 11.3. The van der Waals surface area contributed by atoms with Crippen LogP contribution in [0.1, 0.15) is 18.4 Å². The Balaban J connectivity index is 1.25. The molecule has 0 aromatic heterocycles. The van der Waals surface area contributed by atoms with Gasteiger partial charge in [0.1, 0.15) is 6.54 Å². The van der Waals surface area contributed by atoms with Crippen LogP contribution in [0.15, 0.2) is 48.5 Å². The molecule has 1 amide bonds. The van der Waals surface area contributed by atoms with Crippen LogP contribution in [0.5, 0.6) is 11.5 Å². The van der Waals surface area contributed by atoms with Gasteiger partial charge < -0.3 is 24.2 Å². The Morgan fingerprint density at radius 2 is 1.61 bits per heavy atom. The highest BCUT2D eigenvalue weighted by Crippen LogP contribution is 2.27. The third kappa shape index (κ3) is 5.13. The summed E-state index contributed by atoms with van der Waals surface area (Å²) in [7, 11) is 3.33. The molecule has 1 N–H and O–H groups in total. The zero-order valence-electron chi connectivity index (χ0n) is 18.7. The average Bonchev–Trinajstić information content (AvgIpc) is 2.84. The first kappa shape index (κ1) is 21.5. The molecule has 0 atom stereocenters. The second-order valence-corrected chi connectivity index (χ2v) is 8.54. The highest BCUT2D eigenvalue weighted by atomic mass is 16.5. The van der Waals surface area contributed by atoms with E-state index in [1.165, 1.54) is 16.2 Å². The number of ether oxygens (including phenoxy) is 2. The van der Waals surface area contributed by atoms with Gasteiger partial charge in [0, 0.05) is 56.2 Å². The van der Waals surface area contributed by atoms with Gasteiger partial charge in [0.15, 0.2) is 11.5 Å². The fourth-order valence-electron chi connectivity index (χ4n) is 4.81. The molecule has 0 aliphatic carbocycles. The van der Waals surface area contributed by atoms with E-state index in [9.17, 15) is 4.79 Å². The number of methoxy groups -OCH3 is 2. The zero-order valence-corrected chi connectivity index (χ0v) is 18.7. The quantitative estimate of drug-likeness (QED) is 0.769. The van der Waals surface area contributed by atoms with Crippen molar-refractivity contribution in [3.05, 3.63) is 54.1 Å². The highest BCUT2D eigenvalue weighted by molar-refractivity contribution is 5.79. The van der Waals surface area contributed by atoms with Crippen molar-refractivity contribution in [2.45, 2.75) is 19.4 Å². The molecular weight excluding hydrogens is 390 g/mol. The topological polar surface area (TPSA) is 46.5 Å². The largest absolute Gasteiger partial charge is 0.493 e. The van der Waals surface area contributed by atoms with Gasteiger partial charge in [-0.15, -0.1) is 0 Å². The van der Waals surface area contributed by atoms with Crippen molar-refractivity contribution in [3.8, 4) is 11.5 Å². The molecule has 166 valence electrons. The van der Waals surface area contributed by atoms with Crippen molar-refractivity contribution in [2.24, 2.45) is 5.92 Å².